The Morgan fingerprint density at radius 3 is 2.24 bits per heavy atom. The fourth-order valence-electron chi connectivity index (χ4n) is 4.73. The monoisotopic (exact) mass is 449 g/mol. The van der Waals surface area contributed by atoms with Crippen LogP contribution in [0.5, 0.6) is 0 Å². The second-order valence-electron chi connectivity index (χ2n) is 8.81. The molecule has 170 valence electrons. The van der Waals surface area contributed by atoms with E-state index in [4.69, 9.17) is 0 Å². The quantitative estimate of drug-likeness (QED) is 0.424. The zero-order chi connectivity index (χ0) is 23.5. The second-order valence-corrected chi connectivity index (χ2v) is 8.81. The molecule has 5 heteroatoms. The summed E-state index contributed by atoms with van der Waals surface area (Å²) in [6.07, 6.45) is 4.62. The first-order chi connectivity index (χ1) is 16.6. The molecule has 1 atom stereocenters. The number of hydrogen-bond acceptors (Lipinski definition) is 3. The van der Waals surface area contributed by atoms with Gasteiger partial charge in [-0.1, -0.05) is 78.9 Å². The van der Waals surface area contributed by atoms with Crippen molar-refractivity contribution in [2.45, 2.75) is 38.6 Å². The molecule has 0 fully saturated rings. The number of fused-ring (bicyclic) bond motifs is 1. The van der Waals surface area contributed by atoms with Gasteiger partial charge < -0.3 is 5.32 Å². The molecule has 0 spiro atoms. The van der Waals surface area contributed by atoms with Gasteiger partial charge in [0.25, 0.3) is 11.5 Å². The van der Waals surface area contributed by atoms with E-state index in [1.807, 2.05) is 67.6 Å². The third-order valence-corrected chi connectivity index (χ3v) is 6.54. The van der Waals surface area contributed by atoms with Crippen LogP contribution >= 0.6 is 0 Å². The van der Waals surface area contributed by atoms with E-state index in [-0.39, 0.29) is 11.6 Å². The molecule has 1 aliphatic carbocycles. The van der Waals surface area contributed by atoms with Crippen LogP contribution in [0.3, 0.4) is 0 Å². The number of hydrogen-bond donors (Lipinski definition) is 2. The molecule has 2 N–H and O–H groups in total. The molecule has 34 heavy (non-hydrogen) atoms. The molecule has 1 amide bonds. The maximum Gasteiger partial charge on any atom is 0.277 e. The SMILES string of the molecule is CC(NC(=O)c1c(-c2ccccc2)c(-c2ccccc2)n[nH]c1=O)c1ccc2c(c1)CCCC2. The summed E-state index contributed by atoms with van der Waals surface area (Å²) in [5.41, 5.74) is 6.08. The minimum absolute atomic E-state index is 0.0739. The normalized spacial score (nSPS) is 13.7. The molecular formula is C29H27N3O2. The zero-order valence-corrected chi connectivity index (χ0v) is 19.2. The van der Waals surface area contributed by atoms with Crippen LogP contribution in [-0.4, -0.2) is 16.1 Å². The molecule has 3 aromatic carbocycles. The summed E-state index contributed by atoms with van der Waals surface area (Å²) in [6, 6.07) is 25.3. The Labute approximate surface area is 198 Å². The number of benzene rings is 3. The average molecular weight is 450 g/mol. The molecule has 0 aliphatic heterocycles. The summed E-state index contributed by atoms with van der Waals surface area (Å²) in [6.45, 7) is 1.96. The highest BCUT2D eigenvalue weighted by Gasteiger charge is 2.24. The smallest absolute Gasteiger partial charge is 0.277 e. The summed E-state index contributed by atoms with van der Waals surface area (Å²) in [5, 5.41) is 9.94. The van der Waals surface area contributed by atoms with E-state index in [2.05, 4.69) is 33.7 Å². The van der Waals surface area contributed by atoms with Crippen LogP contribution in [0.25, 0.3) is 22.4 Å². The van der Waals surface area contributed by atoms with E-state index in [0.717, 1.165) is 29.5 Å². The average Bonchev–Trinajstić information content (AvgIpc) is 2.89. The number of rotatable bonds is 5. The maximum atomic E-state index is 13.6. The summed E-state index contributed by atoms with van der Waals surface area (Å²) in [4.78, 5) is 26.5. The molecule has 1 aromatic heterocycles. The topological polar surface area (TPSA) is 74.8 Å². The number of amides is 1. The van der Waals surface area contributed by atoms with E-state index < -0.39 is 11.5 Å². The van der Waals surface area contributed by atoms with Crippen molar-refractivity contribution in [3.05, 3.63) is 111 Å². The van der Waals surface area contributed by atoms with Gasteiger partial charge in [-0.2, -0.15) is 5.10 Å². The highest BCUT2D eigenvalue weighted by molar-refractivity contribution is 6.03. The Morgan fingerprint density at radius 2 is 1.53 bits per heavy atom. The Kier molecular flexibility index (Phi) is 6.09. The maximum absolute atomic E-state index is 13.6. The van der Waals surface area contributed by atoms with Crippen molar-refractivity contribution in [2.24, 2.45) is 0 Å². The Bertz CT molecular complexity index is 1380. The number of nitrogens with one attached hydrogen (secondary N) is 2. The van der Waals surface area contributed by atoms with E-state index >= 15 is 0 Å². The van der Waals surface area contributed by atoms with Crippen LogP contribution in [0.2, 0.25) is 0 Å². The van der Waals surface area contributed by atoms with Crippen LogP contribution in [0, 0.1) is 0 Å². The van der Waals surface area contributed by atoms with Crippen molar-refractivity contribution in [1.29, 1.82) is 0 Å². The van der Waals surface area contributed by atoms with Crippen molar-refractivity contribution in [1.82, 2.24) is 15.5 Å². The number of nitrogens with zero attached hydrogens (tertiary/aromatic N) is 1. The molecule has 0 bridgehead atoms. The fourth-order valence-corrected chi connectivity index (χ4v) is 4.73. The highest BCUT2D eigenvalue weighted by Crippen LogP contribution is 2.32. The lowest BCUT2D eigenvalue weighted by Gasteiger charge is -2.21. The number of carbonyl (C=O) groups excluding carboxylic acids is 1. The summed E-state index contributed by atoms with van der Waals surface area (Å²) in [5.74, 6) is -0.412. The molecule has 0 saturated carbocycles. The van der Waals surface area contributed by atoms with Gasteiger partial charge in [0.05, 0.1) is 11.7 Å². The number of aryl methyl sites for hydroxylation is 2. The van der Waals surface area contributed by atoms with Gasteiger partial charge in [0.2, 0.25) is 0 Å². The van der Waals surface area contributed by atoms with Crippen LogP contribution < -0.4 is 10.9 Å². The van der Waals surface area contributed by atoms with Gasteiger partial charge in [0.15, 0.2) is 0 Å². The van der Waals surface area contributed by atoms with Crippen molar-refractivity contribution in [3.63, 3.8) is 0 Å². The number of aromatic nitrogens is 2. The fraction of sp³-hybridized carbons (Fsp3) is 0.207. The molecule has 1 unspecified atom stereocenters. The zero-order valence-electron chi connectivity index (χ0n) is 19.2. The van der Waals surface area contributed by atoms with Crippen molar-refractivity contribution in [2.75, 3.05) is 0 Å². The lowest BCUT2D eigenvalue weighted by molar-refractivity contribution is 0.0939. The van der Waals surface area contributed by atoms with Gasteiger partial charge >= 0.3 is 0 Å². The second kappa shape index (κ2) is 9.48. The molecular weight excluding hydrogens is 422 g/mol. The lowest BCUT2D eigenvalue weighted by atomic mass is 9.89. The Balaban J connectivity index is 1.55. The highest BCUT2D eigenvalue weighted by atomic mass is 16.2. The van der Waals surface area contributed by atoms with E-state index in [9.17, 15) is 9.59 Å². The molecule has 1 aliphatic rings. The van der Waals surface area contributed by atoms with E-state index in [0.29, 0.717) is 11.3 Å². The van der Waals surface area contributed by atoms with Gasteiger partial charge in [0, 0.05) is 11.1 Å². The number of H-pyrrole nitrogens is 1. The number of aromatic amines is 1. The molecule has 0 radical (unpaired) electrons. The molecule has 5 rings (SSSR count). The van der Waals surface area contributed by atoms with Gasteiger partial charge in [-0.15, -0.1) is 0 Å². The van der Waals surface area contributed by atoms with Gasteiger partial charge in [-0.25, -0.2) is 5.10 Å². The molecule has 0 saturated heterocycles. The molecule has 5 nitrogen and oxygen atoms in total. The van der Waals surface area contributed by atoms with Crippen LogP contribution in [0.4, 0.5) is 0 Å². The number of carbonyl (C=O) groups is 1. The first kappa shape index (κ1) is 21.8. The first-order valence-corrected chi connectivity index (χ1v) is 11.8. The minimum atomic E-state index is -0.506. The first-order valence-electron chi connectivity index (χ1n) is 11.8. The predicted molar refractivity (Wildman–Crippen MR) is 135 cm³/mol. The Hall–Kier alpha value is -3.99. The molecule has 4 aromatic rings. The largest absolute Gasteiger partial charge is 0.345 e. The minimum Gasteiger partial charge on any atom is -0.345 e. The van der Waals surface area contributed by atoms with Crippen molar-refractivity contribution >= 4 is 5.91 Å². The van der Waals surface area contributed by atoms with Crippen LogP contribution in [0.15, 0.2) is 83.7 Å². The van der Waals surface area contributed by atoms with Crippen molar-refractivity contribution < 1.29 is 4.79 Å². The Morgan fingerprint density at radius 1 is 0.882 bits per heavy atom. The van der Waals surface area contributed by atoms with E-state index in [1.165, 1.54) is 24.0 Å². The van der Waals surface area contributed by atoms with Crippen LogP contribution in [0.1, 0.15) is 52.9 Å². The van der Waals surface area contributed by atoms with Crippen molar-refractivity contribution in [3.8, 4) is 22.4 Å². The third-order valence-electron chi connectivity index (χ3n) is 6.54. The van der Waals surface area contributed by atoms with Gasteiger partial charge in [0.1, 0.15) is 5.56 Å². The van der Waals surface area contributed by atoms with Gasteiger partial charge in [-0.3, -0.25) is 9.59 Å². The summed E-state index contributed by atoms with van der Waals surface area (Å²) in [7, 11) is 0. The third kappa shape index (κ3) is 4.29. The summed E-state index contributed by atoms with van der Waals surface area (Å²) < 4.78 is 0. The summed E-state index contributed by atoms with van der Waals surface area (Å²) >= 11 is 0. The van der Waals surface area contributed by atoms with Crippen LogP contribution in [-0.2, 0) is 12.8 Å². The predicted octanol–water partition coefficient (Wildman–Crippen LogP) is 5.47. The molecule has 1 heterocycles. The van der Waals surface area contributed by atoms with Gasteiger partial charge in [-0.05, 0) is 54.9 Å². The van der Waals surface area contributed by atoms with E-state index in [1.54, 1.807) is 0 Å². The lowest BCUT2D eigenvalue weighted by Crippen LogP contribution is -2.33. The standard InChI is InChI=1S/C29H27N3O2/c1-19(23-17-16-20-10-8-9-15-24(20)18-23)30-28(33)26-25(21-11-4-2-5-12-21)27(31-32-29(26)34)22-13-6-3-7-14-22/h2-7,11-14,16-19H,8-10,15H2,1H3,(H,30,33)(H,32,34).